The van der Waals surface area contributed by atoms with Crippen molar-refractivity contribution in [2.45, 2.75) is 18.0 Å². The molecule has 0 fully saturated rings. The minimum atomic E-state index is -6.37. The van der Waals surface area contributed by atoms with E-state index < -0.39 is 23.7 Å². The van der Waals surface area contributed by atoms with E-state index in [1.54, 1.807) is 6.07 Å². The summed E-state index contributed by atoms with van der Waals surface area (Å²) in [6.07, 6.45) is -6.37. The summed E-state index contributed by atoms with van der Waals surface area (Å²) in [6, 6.07) is 7.12. The Hall–Kier alpha value is -1.86. The van der Waals surface area contributed by atoms with Crippen molar-refractivity contribution in [3.05, 3.63) is 42.1 Å². The van der Waals surface area contributed by atoms with Gasteiger partial charge in [-0.2, -0.15) is 30.7 Å². The molecule has 108 valence electrons. The first-order valence-electron chi connectivity index (χ1n) is 5.26. The molecule has 0 bridgehead atoms. The lowest BCUT2D eigenvalue weighted by atomic mass is 10.1. The van der Waals surface area contributed by atoms with Gasteiger partial charge in [0.25, 0.3) is 0 Å². The number of hydrogen-bond donors (Lipinski definition) is 0. The van der Waals surface area contributed by atoms with E-state index in [0.717, 1.165) is 6.07 Å². The third-order valence-electron chi connectivity index (χ3n) is 2.67. The highest BCUT2D eigenvalue weighted by Crippen LogP contribution is 2.51. The number of rotatable bonds is 2. The van der Waals surface area contributed by atoms with Gasteiger partial charge in [-0.25, -0.2) is 4.98 Å². The molecule has 8 heteroatoms. The molecule has 0 aliphatic heterocycles. The van der Waals surface area contributed by atoms with Crippen LogP contribution in [0, 0.1) is 0 Å². The quantitative estimate of drug-likeness (QED) is 0.742. The monoisotopic (exact) mass is 297 g/mol. The number of para-hydroxylation sites is 1. The number of benzene rings is 1. The highest BCUT2D eigenvalue weighted by Gasteiger charge is 2.74. The van der Waals surface area contributed by atoms with Gasteiger partial charge in [-0.1, -0.05) is 24.3 Å². The zero-order chi connectivity index (χ0) is 15.2. The second-order valence-corrected chi connectivity index (χ2v) is 4.04. The lowest BCUT2D eigenvalue weighted by molar-refractivity contribution is -0.360. The summed E-state index contributed by atoms with van der Waals surface area (Å²) >= 11 is 0. The van der Waals surface area contributed by atoms with Crippen molar-refractivity contribution in [1.82, 2.24) is 4.98 Å². The molecule has 1 aromatic carbocycles. The molecule has 2 aromatic rings. The molecule has 0 aliphatic rings. The van der Waals surface area contributed by atoms with Gasteiger partial charge in [0.2, 0.25) is 0 Å². The van der Waals surface area contributed by atoms with E-state index >= 15 is 0 Å². The van der Waals surface area contributed by atoms with Crippen LogP contribution in [0.5, 0.6) is 0 Å². The molecule has 0 radical (unpaired) electrons. The van der Waals surface area contributed by atoms with E-state index in [-0.39, 0.29) is 5.52 Å². The Kier molecular flexibility index (Phi) is 3.14. The maximum atomic E-state index is 13.4. The first-order chi connectivity index (χ1) is 9.07. The number of aromatic nitrogens is 1. The Morgan fingerprint density at radius 1 is 0.750 bits per heavy atom. The predicted octanol–water partition coefficient (Wildman–Crippen LogP) is 4.52. The van der Waals surface area contributed by atoms with Crippen LogP contribution in [0.15, 0.2) is 36.4 Å². The average molecular weight is 297 g/mol. The van der Waals surface area contributed by atoms with Gasteiger partial charge < -0.3 is 0 Å². The summed E-state index contributed by atoms with van der Waals surface area (Å²) < 4.78 is 88.8. The van der Waals surface area contributed by atoms with Gasteiger partial charge in [-0.15, -0.1) is 0 Å². The summed E-state index contributed by atoms with van der Waals surface area (Å²) in [5.74, 6) is -11.6. The molecule has 0 amide bonds. The lowest BCUT2D eigenvalue weighted by Crippen LogP contribution is -2.50. The molecule has 0 saturated carbocycles. The molecule has 0 spiro atoms. The van der Waals surface area contributed by atoms with Crippen LogP contribution in [0.1, 0.15) is 5.69 Å². The lowest BCUT2D eigenvalue weighted by Gasteiger charge is -2.27. The Morgan fingerprint density at radius 2 is 1.35 bits per heavy atom. The first kappa shape index (κ1) is 14.5. The molecule has 0 N–H and O–H groups in total. The van der Waals surface area contributed by atoms with E-state index in [1.807, 2.05) is 0 Å². The fourth-order valence-corrected chi connectivity index (χ4v) is 1.58. The van der Waals surface area contributed by atoms with Gasteiger partial charge in [-0.3, -0.25) is 0 Å². The van der Waals surface area contributed by atoms with Crippen molar-refractivity contribution < 1.29 is 30.7 Å². The van der Waals surface area contributed by atoms with Crippen LogP contribution in [0.4, 0.5) is 30.7 Å². The van der Waals surface area contributed by atoms with Gasteiger partial charge in [0.15, 0.2) is 0 Å². The molecular weight excluding hydrogens is 291 g/mol. The predicted molar refractivity (Wildman–Crippen MR) is 56.6 cm³/mol. The van der Waals surface area contributed by atoms with Crippen LogP contribution < -0.4 is 0 Å². The molecule has 0 saturated heterocycles. The number of fused-ring (bicyclic) bond motifs is 1. The van der Waals surface area contributed by atoms with Crippen molar-refractivity contribution in [3.8, 4) is 0 Å². The standard InChI is InChI=1S/C12H6F7N/c13-10(14,11(15,16)12(17,18)19)9-6-5-7-3-1-2-4-8(7)20-9/h1-6H. The van der Waals surface area contributed by atoms with Crippen molar-refractivity contribution in [2.75, 3.05) is 0 Å². The largest absolute Gasteiger partial charge is 0.460 e. The zero-order valence-electron chi connectivity index (χ0n) is 9.56. The van der Waals surface area contributed by atoms with Crippen LogP contribution in [0.2, 0.25) is 0 Å². The number of hydrogen-bond acceptors (Lipinski definition) is 1. The van der Waals surface area contributed by atoms with Gasteiger partial charge in [0.05, 0.1) is 5.52 Å². The van der Waals surface area contributed by atoms with Crippen LogP contribution in [0.25, 0.3) is 10.9 Å². The summed E-state index contributed by atoms with van der Waals surface area (Å²) in [7, 11) is 0. The highest BCUT2D eigenvalue weighted by atomic mass is 19.4. The van der Waals surface area contributed by atoms with E-state index in [4.69, 9.17) is 0 Å². The second-order valence-electron chi connectivity index (χ2n) is 4.04. The highest BCUT2D eigenvalue weighted by molar-refractivity contribution is 5.78. The van der Waals surface area contributed by atoms with Gasteiger partial charge in [-0.05, 0) is 12.1 Å². The maximum absolute atomic E-state index is 13.4. The minimum absolute atomic E-state index is 0.0948. The van der Waals surface area contributed by atoms with Crippen LogP contribution in [-0.2, 0) is 5.92 Å². The second kappa shape index (κ2) is 4.32. The van der Waals surface area contributed by atoms with Crippen molar-refractivity contribution in [1.29, 1.82) is 0 Å². The Labute approximate surface area is 108 Å². The van der Waals surface area contributed by atoms with E-state index in [0.29, 0.717) is 11.5 Å². The van der Waals surface area contributed by atoms with Crippen LogP contribution in [-0.4, -0.2) is 17.1 Å². The minimum Gasteiger partial charge on any atom is -0.246 e. The molecule has 0 unspecified atom stereocenters. The first-order valence-corrected chi connectivity index (χ1v) is 5.26. The molecule has 2 rings (SSSR count). The van der Waals surface area contributed by atoms with Crippen LogP contribution >= 0.6 is 0 Å². The summed E-state index contributed by atoms with van der Waals surface area (Å²) in [4.78, 5) is 3.20. The molecule has 20 heavy (non-hydrogen) atoms. The van der Waals surface area contributed by atoms with E-state index in [9.17, 15) is 30.7 Å². The molecular formula is C12H6F7N. The fraction of sp³-hybridized carbons (Fsp3) is 0.250. The SMILES string of the molecule is FC(F)(F)C(F)(F)C(F)(F)c1ccc2ccccc2n1. The Bertz CT molecular complexity index is 633. The third-order valence-corrected chi connectivity index (χ3v) is 2.67. The van der Waals surface area contributed by atoms with E-state index in [1.165, 1.54) is 18.2 Å². The third kappa shape index (κ3) is 2.08. The smallest absolute Gasteiger partial charge is 0.246 e. The average Bonchev–Trinajstić information content (AvgIpc) is 2.36. The van der Waals surface area contributed by atoms with Crippen molar-refractivity contribution in [2.24, 2.45) is 0 Å². The molecule has 0 aliphatic carbocycles. The van der Waals surface area contributed by atoms with Gasteiger partial charge in [0.1, 0.15) is 5.69 Å². The molecule has 1 aromatic heterocycles. The Morgan fingerprint density at radius 3 is 1.95 bits per heavy atom. The summed E-state index contributed by atoms with van der Waals surface area (Å²) in [5.41, 5.74) is -1.72. The normalized spacial score (nSPS) is 13.8. The van der Waals surface area contributed by atoms with Crippen LogP contribution in [0.3, 0.4) is 0 Å². The fourth-order valence-electron chi connectivity index (χ4n) is 1.58. The molecule has 1 nitrogen and oxygen atoms in total. The van der Waals surface area contributed by atoms with Crippen molar-refractivity contribution in [3.63, 3.8) is 0 Å². The van der Waals surface area contributed by atoms with Gasteiger partial charge in [0, 0.05) is 5.39 Å². The van der Waals surface area contributed by atoms with Crippen molar-refractivity contribution >= 4 is 10.9 Å². The number of pyridine rings is 1. The topological polar surface area (TPSA) is 12.9 Å². The molecule has 1 heterocycles. The Balaban J connectivity index is 2.57. The summed E-state index contributed by atoms with van der Waals surface area (Å²) in [5, 5.41) is 0.349. The number of alkyl halides is 7. The zero-order valence-corrected chi connectivity index (χ0v) is 9.56. The maximum Gasteiger partial charge on any atom is 0.460 e. The van der Waals surface area contributed by atoms with Gasteiger partial charge >= 0.3 is 18.0 Å². The molecule has 0 atom stereocenters. The van der Waals surface area contributed by atoms with E-state index in [2.05, 4.69) is 4.98 Å². The number of nitrogens with zero attached hydrogens (tertiary/aromatic N) is 1. The number of halogens is 7. The summed E-state index contributed by atoms with van der Waals surface area (Å²) in [6.45, 7) is 0.